The molecule has 0 spiro atoms. The van der Waals surface area contributed by atoms with E-state index < -0.39 is 0 Å². The fraction of sp³-hybridized carbons (Fsp3) is 0.267. The average molecular weight is 261 g/mol. The molecule has 1 aromatic carbocycles. The van der Waals surface area contributed by atoms with E-state index in [1.54, 1.807) is 0 Å². The third-order valence-electron chi connectivity index (χ3n) is 3.14. The van der Waals surface area contributed by atoms with Crippen molar-refractivity contribution in [2.75, 3.05) is 0 Å². The van der Waals surface area contributed by atoms with Crippen LogP contribution in [0.3, 0.4) is 0 Å². The first-order valence-corrected chi connectivity index (χ1v) is 6.44. The number of pyridine rings is 1. The molecule has 0 saturated heterocycles. The van der Waals surface area contributed by atoms with Gasteiger partial charge in [0.1, 0.15) is 0 Å². The van der Waals surface area contributed by atoms with Crippen molar-refractivity contribution in [2.24, 2.45) is 5.73 Å². The topological polar surface area (TPSA) is 38.9 Å². The van der Waals surface area contributed by atoms with Crippen LogP contribution in [-0.2, 0) is 6.42 Å². The summed E-state index contributed by atoms with van der Waals surface area (Å²) in [4.78, 5) is 4.03. The van der Waals surface area contributed by atoms with E-state index in [0.717, 1.165) is 11.4 Å². The van der Waals surface area contributed by atoms with E-state index in [9.17, 15) is 0 Å². The number of aromatic nitrogens is 1. The van der Waals surface area contributed by atoms with Gasteiger partial charge in [0, 0.05) is 29.4 Å². The van der Waals surface area contributed by atoms with Crippen LogP contribution in [0.1, 0.15) is 24.0 Å². The summed E-state index contributed by atoms with van der Waals surface area (Å²) >= 11 is 5.92. The minimum absolute atomic E-state index is 0.0966. The van der Waals surface area contributed by atoms with Crippen LogP contribution in [0, 0.1) is 0 Å². The van der Waals surface area contributed by atoms with Crippen LogP contribution in [0.2, 0.25) is 5.02 Å². The number of rotatable bonds is 4. The van der Waals surface area contributed by atoms with Crippen molar-refractivity contribution < 1.29 is 0 Å². The number of hydrogen-bond donors (Lipinski definition) is 1. The monoisotopic (exact) mass is 260 g/mol. The van der Waals surface area contributed by atoms with Gasteiger partial charge in [0.05, 0.1) is 0 Å². The SMILES string of the molecule is CC(N)C(Cc1ccncc1)c1ccc(Cl)cc1. The Morgan fingerprint density at radius 3 is 2.28 bits per heavy atom. The van der Waals surface area contributed by atoms with Crippen molar-refractivity contribution in [1.29, 1.82) is 0 Å². The van der Waals surface area contributed by atoms with Crippen molar-refractivity contribution in [3.8, 4) is 0 Å². The second-order valence-electron chi connectivity index (χ2n) is 4.58. The van der Waals surface area contributed by atoms with E-state index in [1.807, 2.05) is 43.6 Å². The van der Waals surface area contributed by atoms with E-state index in [1.165, 1.54) is 11.1 Å². The lowest BCUT2D eigenvalue weighted by Gasteiger charge is -2.21. The standard InChI is InChI=1S/C15H17ClN2/c1-11(17)15(10-12-6-8-18-9-7-12)13-2-4-14(16)5-3-13/h2-9,11,15H,10,17H2,1H3. The molecule has 0 fully saturated rings. The van der Waals surface area contributed by atoms with Crippen LogP contribution in [0.5, 0.6) is 0 Å². The zero-order valence-electron chi connectivity index (χ0n) is 10.4. The predicted molar refractivity (Wildman–Crippen MR) is 75.8 cm³/mol. The Kier molecular flexibility index (Phi) is 4.34. The number of hydrogen-bond acceptors (Lipinski definition) is 2. The molecule has 0 aliphatic rings. The Labute approximate surface area is 113 Å². The van der Waals surface area contributed by atoms with Crippen molar-refractivity contribution in [2.45, 2.75) is 25.3 Å². The molecule has 2 unspecified atom stereocenters. The molecule has 94 valence electrons. The van der Waals surface area contributed by atoms with Gasteiger partial charge in [-0.15, -0.1) is 0 Å². The van der Waals surface area contributed by atoms with Crippen molar-refractivity contribution in [3.63, 3.8) is 0 Å². The van der Waals surface area contributed by atoms with Gasteiger partial charge in [-0.2, -0.15) is 0 Å². The number of nitrogens with two attached hydrogens (primary N) is 1. The summed E-state index contributed by atoms with van der Waals surface area (Å²) in [6.07, 6.45) is 4.55. The summed E-state index contributed by atoms with van der Waals surface area (Å²) in [5, 5.41) is 0.756. The third kappa shape index (κ3) is 3.31. The molecule has 1 heterocycles. The molecule has 2 N–H and O–H groups in total. The number of benzene rings is 1. The van der Waals surface area contributed by atoms with E-state index in [0.29, 0.717) is 5.92 Å². The van der Waals surface area contributed by atoms with Gasteiger partial charge in [0.2, 0.25) is 0 Å². The zero-order valence-corrected chi connectivity index (χ0v) is 11.1. The van der Waals surface area contributed by atoms with Crippen molar-refractivity contribution in [3.05, 3.63) is 64.9 Å². The summed E-state index contributed by atoms with van der Waals surface area (Å²) in [5.41, 5.74) is 8.59. The number of nitrogens with zero attached hydrogens (tertiary/aromatic N) is 1. The average Bonchev–Trinajstić information content (AvgIpc) is 2.38. The molecule has 0 aliphatic carbocycles. The highest BCUT2D eigenvalue weighted by Gasteiger charge is 2.16. The summed E-state index contributed by atoms with van der Waals surface area (Å²) in [5.74, 6) is 0.296. The van der Waals surface area contributed by atoms with Crippen LogP contribution >= 0.6 is 11.6 Å². The van der Waals surface area contributed by atoms with Gasteiger partial charge in [-0.25, -0.2) is 0 Å². The summed E-state index contributed by atoms with van der Waals surface area (Å²) < 4.78 is 0. The van der Waals surface area contributed by atoms with Gasteiger partial charge in [-0.3, -0.25) is 4.98 Å². The Bertz CT molecular complexity index is 480. The maximum atomic E-state index is 6.11. The van der Waals surface area contributed by atoms with Crippen LogP contribution in [0.4, 0.5) is 0 Å². The lowest BCUT2D eigenvalue weighted by atomic mass is 9.87. The summed E-state index contributed by atoms with van der Waals surface area (Å²) in [6, 6.07) is 12.1. The molecule has 1 aromatic heterocycles. The minimum atomic E-state index is 0.0966. The Balaban J connectivity index is 2.21. The summed E-state index contributed by atoms with van der Waals surface area (Å²) in [6.45, 7) is 2.04. The lowest BCUT2D eigenvalue weighted by Crippen LogP contribution is -2.26. The first-order chi connectivity index (χ1) is 8.66. The maximum Gasteiger partial charge on any atom is 0.0406 e. The molecule has 2 nitrogen and oxygen atoms in total. The molecule has 0 aliphatic heterocycles. The van der Waals surface area contributed by atoms with E-state index in [4.69, 9.17) is 17.3 Å². The minimum Gasteiger partial charge on any atom is -0.327 e. The van der Waals surface area contributed by atoms with Crippen molar-refractivity contribution >= 4 is 11.6 Å². The second kappa shape index (κ2) is 5.98. The zero-order chi connectivity index (χ0) is 13.0. The van der Waals surface area contributed by atoms with Gasteiger partial charge in [0.25, 0.3) is 0 Å². The molecular formula is C15H17ClN2. The number of halogens is 1. The summed E-state index contributed by atoms with van der Waals surface area (Å²) in [7, 11) is 0. The van der Waals surface area contributed by atoms with Gasteiger partial charge in [-0.05, 0) is 48.7 Å². The normalized spacial score (nSPS) is 14.2. The Morgan fingerprint density at radius 2 is 1.72 bits per heavy atom. The highest BCUT2D eigenvalue weighted by atomic mass is 35.5. The Hall–Kier alpha value is -1.38. The van der Waals surface area contributed by atoms with Crippen LogP contribution in [0.25, 0.3) is 0 Å². The van der Waals surface area contributed by atoms with Gasteiger partial charge in [-0.1, -0.05) is 23.7 Å². The van der Waals surface area contributed by atoms with Crippen molar-refractivity contribution in [1.82, 2.24) is 4.98 Å². The largest absolute Gasteiger partial charge is 0.327 e. The second-order valence-corrected chi connectivity index (χ2v) is 5.01. The first-order valence-electron chi connectivity index (χ1n) is 6.07. The third-order valence-corrected chi connectivity index (χ3v) is 3.39. The maximum absolute atomic E-state index is 6.11. The van der Waals surface area contributed by atoms with Gasteiger partial charge in [0.15, 0.2) is 0 Å². The smallest absolute Gasteiger partial charge is 0.0406 e. The molecule has 0 radical (unpaired) electrons. The Morgan fingerprint density at radius 1 is 1.11 bits per heavy atom. The quantitative estimate of drug-likeness (QED) is 0.915. The molecule has 2 atom stereocenters. The molecule has 2 aromatic rings. The van der Waals surface area contributed by atoms with Crippen LogP contribution in [-0.4, -0.2) is 11.0 Å². The molecule has 2 rings (SSSR count). The van der Waals surface area contributed by atoms with Crippen LogP contribution < -0.4 is 5.73 Å². The molecular weight excluding hydrogens is 244 g/mol. The van der Waals surface area contributed by atoms with Gasteiger partial charge >= 0.3 is 0 Å². The molecule has 0 bridgehead atoms. The molecule has 0 amide bonds. The molecule has 0 saturated carbocycles. The van der Waals surface area contributed by atoms with E-state index in [-0.39, 0.29) is 6.04 Å². The van der Waals surface area contributed by atoms with Crippen LogP contribution in [0.15, 0.2) is 48.8 Å². The highest BCUT2D eigenvalue weighted by Crippen LogP contribution is 2.24. The van der Waals surface area contributed by atoms with E-state index >= 15 is 0 Å². The lowest BCUT2D eigenvalue weighted by molar-refractivity contribution is 0.565. The highest BCUT2D eigenvalue weighted by molar-refractivity contribution is 6.30. The molecule has 3 heteroatoms. The van der Waals surface area contributed by atoms with E-state index in [2.05, 4.69) is 17.1 Å². The van der Waals surface area contributed by atoms with Gasteiger partial charge < -0.3 is 5.73 Å². The first kappa shape index (κ1) is 13.1. The fourth-order valence-corrected chi connectivity index (χ4v) is 2.22. The predicted octanol–water partition coefficient (Wildman–Crippen LogP) is 3.41. The fourth-order valence-electron chi connectivity index (χ4n) is 2.09. The molecule has 18 heavy (non-hydrogen) atoms.